The van der Waals surface area contributed by atoms with Gasteiger partial charge in [0.1, 0.15) is 0 Å². The lowest BCUT2D eigenvalue weighted by molar-refractivity contribution is 1.34. The molecule has 20 heavy (non-hydrogen) atoms. The summed E-state index contributed by atoms with van der Waals surface area (Å²) < 4.78 is 0. The van der Waals surface area contributed by atoms with Crippen LogP contribution in [0.25, 0.3) is 0 Å². The SMILES string of the molecule is [CH]1[CH][CH][C](c2ccc([C]3[CH][CH][CH][CH]3)p2[C]2[CH][CH][CH][CH]2)[CH]1. The molecular formula is C19H14P. The third kappa shape index (κ3) is 2.39. The van der Waals surface area contributed by atoms with Crippen LogP contribution in [0, 0.1) is 94.5 Å². The molecule has 1 aromatic heterocycles. The minimum Gasteiger partial charge on any atom is -0.109 e. The molecule has 1 heterocycles. The summed E-state index contributed by atoms with van der Waals surface area (Å²) in [6, 6.07) is 4.60. The highest BCUT2D eigenvalue weighted by atomic mass is 31.1. The molecule has 1 aromatic rings. The summed E-state index contributed by atoms with van der Waals surface area (Å²) in [5.74, 6) is 2.71. The second-order valence-corrected chi connectivity index (χ2v) is 7.08. The Kier molecular flexibility index (Phi) is 3.95. The third-order valence-corrected chi connectivity index (χ3v) is 6.29. The largest absolute Gasteiger partial charge is 0.109 e. The van der Waals surface area contributed by atoms with Crippen molar-refractivity contribution in [2.75, 3.05) is 0 Å². The predicted molar refractivity (Wildman–Crippen MR) is 84.1 cm³/mol. The van der Waals surface area contributed by atoms with E-state index in [-0.39, 0.29) is 0 Å². The lowest BCUT2D eigenvalue weighted by Gasteiger charge is -2.20. The van der Waals surface area contributed by atoms with Gasteiger partial charge in [-0.3, -0.25) is 0 Å². The fourth-order valence-electron chi connectivity index (χ4n) is 2.77. The van der Waals surface area contributed by atoms with Crippen LogP contribution in [0.1, 0.15) is 10.6 Å². The quantitative estimate of drug-likeness (QED) is 0.766. The molecule has 0 nitrogen and oxygen atoms in total. The second-order valence-electron chi connectivity index (χ2n) is 4.93. The van der Waals surface area contributed by atoms with Gasteiger partial charge < -0.3 is 0 Å². The van der Waals surface area contributed by atoms with Crippen LogP contribution >= 0.6 is 7.53 Å². The highest BCUT2D eigenvalue weighted by Gasteiger charge is 2.32. The maximum absolute atomic E-state index is 2.30. The Labute approximate surface area is 125 Å². The van der Waals surface area contributed by atoms with Crippen LogP contribution in [0.3, 0.4) is 0 Å². The van der Waals surface area contributed by atoms with E-state index in [9.17, 15) is 0 Å². The third-order valence-electron chi connectivity index (χ3n) is 3.70. The van der Waals surface area contributed by atoms with Gasteiger partial charge in [-0.1, -0.05) is 12.1 Å². The smallest absolute Gasteiger partial charge is 0.0296 e. The van der Waals surface area contributed by atoms with E-state index in [1.807, 2.05) is 0 Å². The Morgan fingerprint density at radius 2 is 0.900 bits per heavy atom. The first-order chi connectivity index (χ1) is 9.93. The molecule has 0 N–H and O–H groups in total. The molecule has 0 spiro atoms. The van der Waals surface area contributed by atoms with E-state index in [0.717, 1.165) is 0 Å². The molecule has 3 aliphatic carbocycles. The first-order valence-electron chi connectivity index (χ1n) is 6.81. The van der Waals surface area contributed by atoms with Crippen LogP contribution < -0.4 is 0 Å². The van der Waals surface area contributed by atoms with Gasteiger partial charge in [-0.25, -0.2) is 0 Å². The minimum atomic E-state index is -0.409. The Hall–Kier alpha value is -0.220. The van der Waals surface area contributed by atoms with Gasteiger partial charge in [0, 0.05) is 17.5 Å². The normalized spacial score (nSPS) is 26.0. The number of hydrogen-bond donors (Lipinski definition) is 0. The fourth-order valence-corrected chi connectivity index (χ4v) is 5.32. The summed E-state index contributed by atoms with van der Waals surface area (Å²) in [5.41, 5.74) is 1.44. The Morgan fingerprint density at radius 3 is 1.35 bits per heavy atom. The molecule has 1 heteroatoms. The van der Waals surface area contributed by atoms with Crippen LogP contribution in [-0.4, -0.2) is 0 Å². The van der Waals surface area contributed by atoms with Gasteiger partial charge in [-0.2, -0.15) is 0 Å². The van der Waals surface area contributed by atoms with Gasteiger partial charge in [0.05, 0.1) is 0 Å². The molecule has 3 fully saturated rings. The van der Waals surface area contributed by atoms with Crippen LogP contribution in [-0.2, 0) is 0 Å². The van der Waals surface area contributed by atoms with Gasteiger partial charge in [-0.15, -0.1) is 7.53 Å². The molecule has 0 aliphatic heterocycles. The molecule has 0 unspecified atom stereocenters. The van der Waals surface area contributed by atoms with Crippen LogP contribution in [0.2, 0.25) is 0 Å². The van der Waals surface area contributed by atoms with Crippen molar-refractivity contribution in [2.45, 2.75) is 0 Å². The van der Waals surface area contributed by atoms with Crippen molar-refractivity contribution < 1.29 is 0 Å². The standard InChI is InChI=1S/C19H14P/c1-2-8-15(7-1)18-13-14-19(16-9-3-4-10-16)20(18)17-11-5-6-12-17/h1-14H. The van der Waals surface area contributed by atoms with E-state index in [0.29, 0.717) is 0 Å². The van der Waals surface area contributed by atoms with Crippen molar-refractivity contribution in [2.24, 2.45) is 0 Å². The van der Waals surface area contributed by atoms with Gasteiger partial charge in [-0.05, 0) is 87.6 Å². The van der Waals surface area contributed by atoms with Crippen molar-refractivity contribution in [3.8, 4) is 0 Å². The molecule has 0 bridgehead atoms. The molecule has 95 valence electrons. The Morgan fingerprint density at radius 1 is 0.500 bits per heavy atom. The topological polar surface area (TPSA) is 0 Å². The molecule has 0 aromatic carbocycles. The minimum absolute atomic E-state index is 0.409. The molecule has 0 amide bonds. The van der Waals surface area contributed by atoms with Gasteiger partial charge in [0.2, 0.25) is 0 Å². The van der Waals surface area contributed by atoms with Gasteiger partial charge >= 0.3 is 0 Å². The van der Waals surface area contributed by atoms with E-state index in [2.05, 4.69) is 89.2 Å². The highest BCUT2D eigenvalue weighted by molar-refractivity contribution is 7.56. The van der Waals surface area contributed by atoms with E-state index in [1.165, 1.54) is 28.1 Å². The van der Waals surface area contributed by atoms with E-state index in [1.54, 1.807) is 0 Å². The van der Waals surface area contributed by atoms with Crippen LogP contribution in [0.4, 0.5) is 0 Å². The van der Waals surface area contributed by atoms with Crippen molar-refractivity contribution in [1.29, 1.82) is 0 Å². The van der Waals surface area contributed by atoms with Gasteiger partial charge in [0.15, 0.2) is 0 Å². The zero-order valence-corrected chi connectivity index (χ0v) is 11.9. The summed E-state index contributed by atoms with van der Waals surface area (Å²) in [6.07, 6.45) is 26.1. The molecule has 15 radical (unpaired) electrons. The van der Waals surface area contributed by atoms with Crippen molar-refractivity contribution in [3.63, 3.8) is 0 Å². The van der Waals surface area contributed by atoms with E-state index < -0.39 is 7.53 Å². The van der Waals surface area contributed by atoms with Crippen molar-refractivity contribution >= 4 is 7.53 Å². The summed E-state index contributed by atoms with van der Waals surface area (Å²) in [5, 5.41) is 2.93. The average molecular weight is 273 g/mol. The monoisotopic (exact) mass is 273 g/mol. The maximum atomic E-state index is 2.30. The molecule has 3 aliphatic rings. The fraction of sp³-hybridized carbons (Fsp3) is 0. The van der Waals surface area contributed by atoms with Crippen LogP contribution in [0.5, 0.6) is 0 Å². The second kappa shape index (κ2) is 5.88. The van der Waals surface area contributed by atoms with Crippen molar-refractivity contribution in [3.05, 3.63) is 117 Å². The number of rotatable bonds is 3. The summed E-state index contributed by atoms with van der Waals surface area (Å²) in [4.78, 5) is 0. The molecule has 3 saturated carbocycles. The summed E-state index contributed by atoms with van der Waals surface area (Å²) in [6.45, 7) is 0. The molecule has 0 atom stereocenters. The average Bonchev–Trinajstić information content (AvgIpc) is 3.23. The molecular weight excluding hydrogens is 259 g/mol. The highest BCUT2D eigenvalue weighted by Crippen LogP contribution is 2.59. The lowest BCUT2D eigenvalue weighted by atomic mass is 10.1. The summed E-state index contributed by atoms with van der Waals surface area (Å²) >= 11 is 0. The summed E-state index contributed by atoms with van der Waals surface area (Å²) in [7, 11) is -0.409. The zero-order chi connectivity index (χ0) is 13.4. The molecule has 4 rings (SSSR count). The van der Waals surface area contributed by atoms with Crippen molar-refractivity contribution in [1.82, 2.24) is 0 Å². The molecule has 0 saturated heterocycles. The predicted octanol–water partition coefficient (Wildman–Crippen LogP) is 4.39. The Bertz CT molecular complexity index is 407. The number of hydrogen-bond acceptors (Lipinski definition) is 0. The van der Waals surface area contributed by atoms with E-state index >= 15 is 0 Å². The van der Waals surface area contributed by atoms with E-state index in [4.69, 9.17) is 0 Å². The first kappa shape index (κ1) is 13.4. The van der Waals surface area contributed by atoms with Crippen LogP contribution in [0.15, 0.2) is 12.1 Å². The first-order valence-corrected chi connectivity index (χ1v) is 8.16. The van der Waals surface area contributed by atoms with Gasteiger partial charge in [0.25, 0.3) is 0 Å². The maximum Gasteiger partial charge on any atom is 0.0296 e. The zero-order valence-electron chi connectivity index (χ0n) is 11.0. The Balaban J connectivity index is 1.70. The lowest BCUT2D eigenvalue weighted by Crippen LogP contribution is -1.97.